The third-order valence-electron chi connectivity index (χ3n) is 7.74. The average molecular weight is 603 g/mol. The summed E-state index contributed by atoms with van der Waals surface area (Å²) in [6.45, 7) is 8.89. The molecule has 0 fully saturated rings. The monoisotopic (exact) mass is 602 g/mol. The molecule has 1 aliphatic rings. The molecule has 1 N–H and O–H groups in total. The van der Waals surface area contributed by atoms with Gasteiger partial charge in [-0.05, 0) is 64.4 Å². The number of likely N-dealkylation sites (N-methyl/N-ethyl adjacent to an activating group) is 1. The van der Waals surface area contributed by atoms with Crippen molar-refractivity contribution < 1.29 is 19.1 Å². The van der Waals surface area contributed by atoms with Gasteiger partial charge in [-0.1, -0.05) is 91.0 Å². The van der Waals surface area contributed by atoms with Gasteiger partial charge < -0.3 is 19.7 Å². The number of carbonyl (C=O) groups is 2. The van der Waals surface area contributed by atoms with Crippen molar-refractivity contribution in [2.75, 3.05) is 27.2 Å². The van der Waals surface area contributed by atoms with Crippen LogP contribution in [-0.2, 0) is 19.1 Å². The molecule has 1 atom stereocenters. The number of methoxy groups -OCH3 is 1. The number of hydrogen-bond donors (Lipinski definition) is 1. The molecule has 1 unspecified atom stereocenters. The van der Waals surface area contributed by atoms with Crippen LogP contribution in [0.1, 0.15) is 62.6 Å². The van der Waals surface area contributed by atoms with Gasteiger partial charge in [-0.25, -0.2) is 9.59 Å². The average Bonchev–Trinajstić information content (AvgIpc) is 2.97. The highest BCUT2D eigenvalue weighted by Gasteiger charge is 2.39. The molecule has 0 aliphatic carbocycles. The lowest BCUT2D eigenvalue weighted by molar-refractivity contribution is -0.153. The van der Waals surface area contributed by atoms with Gasteiger partial charge in [-0.3, -0.25) is 0 Å². The molecule has 0 radical (unpaired) electrons. The van der Waals surface area contributed by atoms with E-state index in [1.165, 1.54) is 18.2 Å². The molecule has 228 valence electrons. The summed E-state index contributed by atoms with van der Waals surface area (Å²) in [5.41, 5.74) is 4.76. The highest BCUT2D eigenvalue weighted by Crippen LogP contribution is 2.39. The van der Waals surface area contributed by atoms with Crippen LogP contribution in [0.15, 0.2) is 114 Å². The highest BCUT2D eigenvalue weighted by atomic mass is 35.5. The lowest BCUT2D eigenvalue weighted by Crippen LogP contribution is -2.42. The standard InChI is InChI=1S/C36H42N2O4.ClH/c1-25-31(34(39)41-6)33(29-20-14-9-15-21-29)32(26(2)37-25)35(40)42-36(3,4)24-38(5)23-22-30(27-16-10-7-11-17-27)28-18-12-8-13-19-28;/h7-21,30,33,37H,22-24H2,1-6H3;1H. The molecule has 43 heavy (non-hydrogen) atoms. The van der Waals surface area contributed by atoms with Crippen LogP contribution in [0.2, 0.25) is 0 Å². The minimum atomic E-state index is -0.781. The number of carbonyl (C=O) groups excluding carboxylic acids is 2. The third kappa shape index (κ3) is 8.37. The first-order valence-corrected chi connectivity index (χ1v) is 14.4. The van der Waals surface area contributed by atoms with E-state index in [-0.39, 0.29) is 18.3 Å². The van der Waals surface area contributed by atoms with Crippen molar-refractivity contribution in [3.63, 3.8) is 0 Å². The van der Waals surface area contributed by atoms with Crippen LogP contribution in [0.3, 0.4) is 0 Å². The molecule has 1 aliphatic heterocycles. The normalized spacial score (nSPS) is 15.2. The Hall–Kier alpha value is -3.87. The third-order valence-corrected chi connectivity index (χ3v) is 7.74. The molecule has 0 saturated heterocycles. The van der Waals surface area contributed by atoms with Crippen LogP contribution in [0.5, 0.6) is 0 Å². The summed E-state index contributed by atoms with van der Waals surface area (Å²) in [5.74, 6) is -1.26. The Balaban J connectivity index is 0.00000506. The van der Waals surface area contributed by atoms with E-state index in [0.717, 1.165) is 18.5 Å². The highest BCUT2D eigenvalue weighted by molar-refractivity contribution is 6.00. The van der Waals surface area contributed by atoms with E-state index in [0.29, 0.717) is 29.1 Å². The molecule has 0 amide bonds. The number of rotatable bonds is 11. The van der Waals surface area contributed by atoms with Crippen molar-refractivity contribution in [2.45, 2.75) is 51.6 Å². The lowest BCUT2D eigenvalue weighted by atomic mass is 9.80. The maximum Gasteiger partial charge on any atom is 0.337 e. The largest absolute Gasteiger partial charge is 0.466 e. The Kier molecular flexibility index (Phi) is 11.8. The van der Waals surface area contributed by atoms with Crippen LogP contribution < -0.4 is 5.32 Å². The first-order chi connectivity index (χ1) is 20.1. The predicted octanol–water partition coefficient (Wildman–Crippen LogP) is 6.99. The van der Waals surface area contributed by atoms with Gasteiger partial charge in [-0.15, -0.1) is 12.4 Å². The van der Waals surface area contributed by atoms with Crippen LogP contribution in [0.4, 0.5) is 0 Å². The molecule has 3 aromatic carbocycles. The van der Waals surface area contributed by atoms with E-state index >= 15 is 0 Å². The molecule has 4 rings (SSSR count). The molecule has 0 aromatic heterocycles. The van der Waals surface area contributed by atoms with E-state index in [1.807, 2.05) is 70.2 Å². The summed E-state index contributed by atoms with van der Waals surface area (Å²) >= 11 is 0. The van der Waals surface area contributed by atoms with Crippen molar-refractivity contribution in [2.24, 2.45) is 0 Å². The van der Waals surface area contributed by atoms with Crippen LogP contribution >= 0.6 is 12.4 Å². The van der Waals surface area contributed by atoms with Gasteiger partial charge in [0, 0.05) is 23.9 Å². The fourth-order valence-corrected chi connectivity index (χ4v) is 5.94. The molecule has 0 spiro atoms. The molecule has 0 saturated carbocycles. The van der Waals surface area contributed by atoms with E-state index in [9.17, 15) is 9.59 Å². The first-order valence-electron chi connectivity index (χ1n) is 14.4. The van der Waals surface area contributed by atoms with E-state index < -0.39 is 23.5 Å². The van der Waals surface area contributed by atoms with Crippen LogP contribution in [0, 0.1) is 0 Å². The quantitative estimate of drug-likeness (QED) is 0.239. The van der Waals surface area contributed by atoms with Gasteiger partial charge in [0.2, 0.25) is 0 Å². The second-order valence-electron chi connectivity index (χ2n) is 11.6. The number of nitrogens with zero attached hydrogens (tertiary/aromatic N) is 1. The summed E-state index contributed by atoms with van der Waals surface area (Å²) in [4.78, 5) is 29.0. The number of benzene rings is 3. The topological polar surface area (TPSA) is 67.9 Å². The van der Waals surface area contributed by atoms with Gasteiger partial charge in [0.15, 0.2) is 0 Å². The smallest absolute Gasteiger partial charge is 0.337 e. The van der Waals surface area contributed by atoms with E-state index in [4.69, 9.17) is 9.47 Å². The van der Waals surface area contributed by atoms with E-state index in [2.05, 4.69) is 65.8 Å². The predicted molar refractivity (Wildman–Crippen MR) is 174 cm³/mol. The summed E-state index contributed by atoms with van der Waals surface area (Å²) < 4.78 is 11.3. The number of ether oxygens (including phenoxy) is 2. The fourth-order valence-electron chi connectivity index (χ4n) is 5.94. The molecular formula is C36H43ClN2O4. The van der Waals surface area contributed by atoms with Crippen molar-refractivity contribution in [1.82, 2.24) is 10.2 Å². The lowest BCUT2D eigenvalue weighted by Gasteiger charge is -2.34. The van der Waals surface area contributed by atoms with Crippen molar-refractivity contribution in [3.8, 4) is 0 Å². The zero-order valence-corrected chi connectivity index (χ0v) is 26.7. The van der Waals surface area contributed by atoms with Crippen molar-refractivity contribution in [3.05, 3.63) is 130 Å². The minimum absolute atomic E-state index is 0. The van der Waals surface area contributed by atoms with Crippen LogP contribution in [0.25, 0.3) is 0 Å². The molecule has 0 bridgehead atoms. The molecule has 6 nitrogen and oxygen atoms in total. The molecule has 1 heterocycles. The van der Waals surface area contributed by atoms with Crippen LogP contribution in [-0.4, -0.2) is 49.7 Å². The van der Waals surface area contributed by atoms with Gasteiger partial charge >= 0.3 is 11.9 Å². The van der Waals surface area contributed by atoms with Gasteiger partial charge in [0.1, 0.15) is 5.60 Å². The van der Waals surface area contributed by atoms with Gasteiger partial charge in [0.05, 0.1) is 24.2 Å². The van der Waals surface area contributed by atoms with Crippen molar-refractivity contribution >= 4 is 24.3 Å². The van der Waals surface area contributed by atoms with E-state index in [1.54, 1.807) is 0 Å². The maximum atomic E-state index is 13.9. The number of allylic oxidation sites excluding steroid dienone is 2. The Morgan fingerprint density at radius 3 is 1.77 bits per heavy atom. The Bertz CT molecular complexity index is 1400. The Labute approximate surface area is 262 Å². The summed E-state index contributed by atoms with van der Waals surface area (Å²) in [5, 5.41) is 3.21. The second kappa shape index (κ2) is 15.0. The summed E-state index contributed by atoms with van der Waals surface area (Å²) in [6.07, 6.45) is 0.922. The Morgan fingerprint density at radius 1 is 0.814 bits per heavy atom. The maximum absolute atomic E-state index is 13.9. The Morgan fingerprint density at radius 2 is 1.28 bits per heavy atom. The zero-order valence-electron chi connectivity index (χ0n) is 25.9. The van der Waals surface area contributed by atoms with Gasteiger partial charge in [0.25, 0.3) is 0 Å². The SMILES string of the molecule is COC(=O)C1=C(C)NC(C)=C(C(=O)OC(C)(C)CN(C)CCC(c2ccccc2)c2ccccc2)C1c1ccccc1.Cl. The molecule has 7 heteroatoms. The fraction of sp³-hybridized carbons (Fsp3) is 0.333. The summed E-state index contributed by atoms with van der Waals surface area (Å²) in [7, 11) is 3.41. The van der Waals surface area contributed by atoms with Crippen molar-refractivity contribution in [1.29, 1.82) is 0 Å². The first kappa shape index (κ1) is 33.6. The molecule has 3 aromatic rings. The number of esters is 2. The number of hydrogen-bond acceptors (Lipinski definition) is 6. The second-order valence-corrected chi connectivity index (χ2v) is 11.6. The minimum Gasteiger partial charge on any atom is -0.466 e. The number of halogens is 1. The zero-order chi connectivity index (χ0) is 30.3. The number of nitrogens with one attached hydrogen (secondary N) is 1. The molecular weight excluding hydrogens is 560 g/mol. The summed E-state index contributed by atoms with van der Waals surface area (Å²) in [6, 6.07) is 30.7. The van der Waals surface area contributed by atoms with Gasteiger partial charge in [-0.2, -0.15) is 0 Å². The number of dihydropyridines is 1.